The van der Waals surface area contributed by atoms with Crippen LogP contribution in [0.3, 0.4) is 0 Å². The first-order valence-corrected chi connectivity index (χ1v) is 7.64. The summed E-state index contributed by atoms with van der Waals surface area (Å²) in [6.45, 7) is 4.40. The van der Waals surface area contributed by atoms with Crippen molar-refractivity contribution in [3.05, 3.63) is 18.2 Å². The fourth-order valence-corrected chi connectivity index (χ4v) is 3.09. The number of likely N-dealkylation sites (tertiary alicyclic amines) is 1. The molecule has 0 spiro atoms. The zero-order valence-electron chi connectivity index (χ0n) is 10.8. The maximum absolute atomic E-state index is 5.48. The Kier molecular flexibility index (Phi) is 3.61. The van der Waals surface area contributed by atoms with Crippen molar-refractivity contribution >= 4 is 45.8 Å². The highest BCUT2D eigenvalue weighted by Gasteiger charge is 2.17. The van der Waals surface area contributed by atoms with Crippen molar-refractivity contribution in [1.82, 2.24) is 13.6 Å². The Labute approximate surface area is 122 Å². The van der Waals surface area contributed by atoms with E-state index < -0.39 is 0 Å². The molecule has 0 bridgehead atoms. The minimum absolute atomic E-state index is 0.814. The van der Waals surface area contributed by atoms with Crippen LogP contribution in [-0.2, 0) is 0 Å². The summed E-state index contributed by atoms with van der Waals surface area (Å²) in [6, 6.07) is 5.97. The molecule has 1 aromatic carbocycles. The van der Waals surface area contributed by atoms with E-state index in [0.717, 1.165) is 40.8 Å². The number of aromatic nitrogens is 2. The number of piperidine rings is 1. The fourth-order valence-electron chi connectivity index (χ4n) is 2.27. The topological polar surface area (TPSA) is 41.0 Å². The highest BCUT2D eigenvalue weighted by Crippen LogP contribution is 2.20. The quantitative estimate of drug-likeness (QED) is 0.818. The molecule has 0 unspecified atom stereocenters. The van der Waals surface area contributed by atoms with E-state index in [0.29, 0.717) is 0 Å². The van der Waals surface area contributed by atoms with Crippen LogP contribution in [-0.4, -0.2) is 31.8 Å². The van der Waals surface area contributed by atoms with Crippen LogP contribution in [0.1, 0.15) is 19.8 Å². The van der Waals surface area contributed by atoms with E-state index in [1.807, 2.05) is 18.2 Å². The molecule has 0 atom stereocenters. The van der Waals surface area contributed by atoms with Gasteiger partial charge in [-0.05, 0) is 49.2 Å². The summed E-state index contributed by atoms with van der Waals surface area (Å²) in [5.41, 5.74) is 2.85. The van der Waals surface area contributed by atoms with E-state index in [1.54, 1.807) is 0 Å². The number of benzene rings is 1. The van der Waals surface area contributed by atoms with Crippen molar-refractivity contribution < 1.29 is 0 Å². The summed E-state index contributed by atoms with van der Waals surface area (Å²) in [6.07, 6.45) is 2.44. The van der Waals surface area contributed by atoms with Gasteiger partial charge in [0.05, 0.1) is 11.7 Å². The van der Waals surface area contributed by atoms with Gasteiger partial charge in [0.15, 0.2) is 5.11 Å². The standard InChI is InChI=1S/C13H16N4S2/c1-9-4-6-17(7-5-9)13(18)14-10-2-3-11-12(8-10)16-19-15-11/h2-3,8-9H,4-7H2,1H3,(H,14,18). The lowest BCUT2D eigenvalue weighted by molar-refractivity contribution is 0.283. The van der Waals surface area contributed by atoms with Gasteiger partial charge in [0.1, 0.15) is 11.0 Å². The van der Waals surface area contributed by atoms with E-state index in [9.17, 15) is 0 Å². The van der Waals surface area contributed by atoms with E-state index in [1.165, 1.54) is 24.6 Å². The summed E-state index contributed by atoms with van der Waals surface area (Å²) in [5.74, 6) is 0.816. The number of rotatable bonds is 1. The predicted molar refractivity (Wildman–Crippen MR) is 83.6 cm³/mol. The number of nitrogens with zero attached hydrogens (tertiary/aromatic N) is 3. The first-order chi connectivity index (χ1) is 9.22. The third-order valence-electron chi connectivity index (χ3n) is 3.58. The molecule has 1 saturated heterocycles. The van der Waals surface area contributed by atoms with Crippen LogP contribution in [0.15, 0.2) is 18.2 Å². The lowest BCUT2D eigenvalue weighted by Crippen LogP contribution is -2.40. The van der Waals surface area contributed by atoms with Crippen molar-refractivity contribution in [1.29, 1.82) is 0 Å². The summed E-state index contributed by atoms with van der Waals surface area (Å²) in [7, 11) is 0. The molecule has 1 aliphatic rings. The van der Waals surface area contributed by atoms with Crippen LogP contribution in [0.2, 0.25) is 0 Å². The molecule has 100 valence electrons. The Morgan fingerprint density at radius 3 is 2.84 bits per heavy atom. The van der Waals surface area contributed by atoms with Gasteiger partial charge < -0.3 is 10.2 Å². The SMILES string of the molecule is CC1CCN(C(=S)Nc2ccc3nsnc3c2)CC1. The van der Waals surface area contributed by atoms with Gasteiger partial charge in [-0.2, -0.15) is 8.75 Å². The lowest BCUT2D eigenvalue weighted by Gasteiger charge is -2.32. The summed E-state index contributed by atoms with van der Waals surface area (Å²) < 4.78 is 8.44. The molecule has 0 radical (unpaired) electrons. The number of hydrogen-bond acceptors (Lipinski definition) is 4. The molecule has 6 heteroatoms. The first-order valence-electron chi connectivity index (χ1n) is 6.50. The Morgan fingerprint density at radius 2 is 2.05 bits per heavy atom. The third kappa shape index (κ3) is 2.84. The van der Waals surface area contributed by atoms with Gasteiger partial charge in [-0.1, -0.05) is 6.92 Å². The maximum atomic E-state index is 5.48. The molecule has 1 fully saturated rings. The van der Waals surface area contributed by atoms with Crippen molar-refractivity contribution in [2.75, 3.05) is 18.4 Å². The molecule has 2 heterocycles. The minimum atomic E-state index is 0.814. The Hall–Kier alpha value is -1.27. The molecule has 1 aliphatic heterocycles. The molecule has 4 nitrogen and oxygen atoms in total. The molecule has 3 rings (SSSR count). The van der Waals surface area contributed by atoms with E-state index in [4.69, 9.17) is 12.2 Å². The molecule has 0 saturated carbocycles. The molecule has 1 N–H and O–H groups in total. The van der Waals surface area contributed by atoms with Crippen molar-refractivity contribution in [2.24, 2.45) is 5.92 Å². The van der Waals surface area contributed by atoms with Crippen molar-refractivity contribution in [2.45, 2.75) is 19.8 Å². The predicted octanol–water partition coefficient (Wildman–Crippen LogP) is 3.12. The third-order valence-corrected chi connectivity index (χ3v) is 4.49. The Morgan fingerprint density at radius 1 is 1.32 bits per heavy atom. The summed E-state index contributed by atoms with van der Waals surface area (Å²) in [5, 5.41) is 4.12. The second-order valence-corrected chi connectivity index (χ2v) is 5.98. The number of hydrogen-bond donors (Lipinski definition) is 1. The van der Waals surface area contributed by atoms with Gasteiger partial charge in [-0.3, -0.25) is 0 Å². The summed E-state index contributed by atoms with van der Waals surface area (Å²) in [4.78, 5) is 2.25. The first kappa shape index (κ1) is 12.7. The molecular weight excluding hydrogens is 276 g/mol. The molecule has 1 aromatic heterocycles. The van der Waals surface area contributed by atoms with Crippen LogP contribution in [0.5, 0.6) is 0 Å². The molecular formula is C13H16N4S2. The second-order valence-electron chi connectivity index (χ2n) is 5.07. The largest absolute Gasteiger partial charge is 0.349 e. The highest BCUT2D eigenvalue weighted by molar-refractivity contribution is 7.80. The normalized spacial score (nSPS) is 16.8. The monoisotopic (exact) mass is 292 g/mol. The average Bonchev–Trinajstić information content (AvgIpc) is 2.87. The minimum Gasteiger partial charge on any atom is -0.349 e. The number of thiocarbonyl (C=S) groups is 1. The number of anilines is 1. The van der Waals surface area contributed by atoms with Gasteiger partial charge in [0, 0.05) is 18.8 Å². The van der Waals surface area contributed by atoms with Gasteiger partial charge >= 0.3 is 0 Å². The zero-order chi connectivity index (χ0) is 13.2. The van der Waals surface area contributed by atoms with Gasteiger partial charge in [-0.25, -0.2) is 0 Å². The molecule has 19 heavy (non-hydrogen) atoms. The zero-order valence-corrected chi connectivity index (χ0v) is 12.4. The maximum Gasteiger partial charge on any atom is 0.173 e. The fraction of sp³-hybridized carbons (Fsp3) is 0.462. The van der Waals surface area contributed by atoms with E-state index in [-0.39, 0.29) is 0 Å². The van der Waals surface area contributed by atoms with Gasteiger partial charge in [0.25, 0.3) is 0 Å². The number of nitrogens with one attached hydrogen (secondary N) is 1. The second kappa shape index (κ2) is 5.38. The van der Waals surface area contributed by atoms with Crippen LogP contribution in [0, 0.1) is 5.92 Å². The molecule has 0 aliphatic carbocycles. The van der Waals surface area contributed by atoms with E-state index >= 15 is 0 Å². The van der Waals surface area contributed by atoms with Crippen LogP contribution < -0.4 is 5.32 Å². The lowest BCUT2D eigenvalue weighted by atomic mass is 10.00. The summed E-state index contributed by atoms with van der Waals surface area (Å²) >= 11 is 6.72. The van der Waals surface area contributed by atoms with Crippen LogP contribution in [0.25, 0.3) is 11.0 Å². The van der Waals surface area contributed by atoms with Gasteiger partial charge in [-0.15, -0.1) is 0 Å². The Bertz CT molecular complexity index is 587. The van der Waals surface area contributed by atoms with Gasteiger partial charge in [0.2, 0.25) is 0 Å². The molecule has 0 amide bonds. The van der Waals surface area contributed by atoms with Crippen LogP contribution in [0.4, 0.5) is 5.69 Å². The number of fused-ring (bicyclic) bond motifs is 1. The average molecular weight is 292 g/mol. The van der Waals surface area contributed by atoms with Crippen LogP contribution >= 0.6 is 23.9 Å². The highest BCUT2D eigenvalue weighted by atomic mass is 32.1. The Balaban J connectivity index is 1.68. The smallest absolute Gasteiger partial charge is 0.173 e. The van der Waals surface area contributed by atoms with E-state index in [2.05, 4.69) is 25.9 Å². The van der Waals surface area contributed by atoms with Crippen molar-refractivity contribution in [3.63, 3.8) is 0 Å². The van der Waals surface area contributed by atoms with Crippen molar-refractivity contribution in [3.8, 4) is 0 Å². The molecule has 2 aromatic rings.